The van der Waals surface area contributed by atoms with Crippen LogP contribution < -0.4 is 14.5 Å². The average molecular weight is 544 g/mol. The molecule has 3 aromatic carbocycles. The number of benzene rings is 3. The van der Waals surface area contributed by atoms with E-state index in [1.54, 1.807) is 42.5 Å². The fourth-order valence-electron chi connectivity index (χ4n) is 2.90. The highest BCUT2D eigenvalue weighted by molar-refractivity contribution is 9.10. The minimum absolute atomic E-state index is 0.0917. The SMILES string of the molecule is CC(C)COc1ccc(/C=N/NC(=O)CN(c2ccc(Br)cc2)S(=O)(=O)c2ccccc2)cc1. The highest BCUT2D eigenvalue weighted by Crippen LogP contribution is 2.25. The predicted octanol–water partition coefficient (Wildman–Crippen LogP) is 4.83. The third kappa shape index (κ3) is 7.16. The monoisotopic (exact) mass is 543 g/mol. The lowest BCUT2D eigenvalue weighted by molar-refractivity contribution is -0.119. The molecular weight excluding hydrogens is 518 g/mol. The molecule has 0 unspecified atom stereocenters. The molecule has 3 aromatic rings. The van der Waals surface area contributed by atoms with Crippen LogP contribution in [-0.2, 0) is 14.8 Å². The number of amides is 1. The molecule has 0 bridgehead atoms. The van der Waals surface area contributed by atoms with Crippen molar-refractivity contribution in [2.75, 3.05) is 17.5 Å². The Kier molecular flexibility index (Phi) is 8.84. The van der Waals surface area contributed by atoms with Crippen molar-refractivity contribution in [2.24, 2.45) is 11.0 Å². The van der Waals surface area contributed by atoms with Crippen molar-refractivity contribution in [1.82, 2.24) is 5.43 Å². The van der Waals surface area contributed by atoms with Gasteiger partial charge in [0.2, 0.25) is 0 Å². The molecule has 0 aromatic heterocycles. The largest absolute Gasteiger partial charge is 0.493 e. The molecule has 9 heteroatoms. The van der Waals surface area contributed by atoms with Crippen molar-refractivity contribution in [3.8, 4) is 5.75 Å². The zero-order chi connectivity index (χ0) is 24.6. The van der Waals surface area contributed by atoms with Gasteiger partial charge in [-0.3, -0.25) is 9.10 Å². The lowest BCUT2D eigenvalue weighted by Gasteiger charge is -2.23. The smallest absolute Gasteiger partial charge is 0.264 e. The van der Waals surface area contributed by atoms with Crippen molar-refractivity contribution in [3.63, 3.8) is 0 Å². The van der Waals surface area contributed by atoms with Gasteiger partial charge in [-0.1, -0.05) is 48.0 Å². The molecule has 0 saturated heterocycles. The van der Waals surface area contributed by atoms with Gasteiger partial charge in [0.1, 0.15) is 12.3 Å². The summed E-state index contributed by atoms with van der Waals surface area (Å²) < 4.78 is 34.0. The Morgan fingerprint density at radius 2 is 1.68 bits per heavy atom. The molecule has 1 amide bonds. The lowest BCUT2D eigenvalue weighted by atomic mass is 10.2. The van der Waals surface area contributed by atoms with Gasteiger partial charge in [-0.2, -0.15) is 5.10 Å². The summed E-state index contributed by atoms with van der Waals surface area (Å²) in [5, 5.41) is 3.97. The zero-order valence-corrected chi connectivity index (χ0v) is 21.3. The van der Waals surface area contributed by atoms with E-state index >= 15 is 0 Å². The summed E-state index contributed by atoms with van der Waals surface area (Å²) in [6.07, 6.45) is 1.49. The van der Waals surface area contributed by atoms with Gasteiger partial charge < -0.3 is 4.74 Å². The second-order valence-corrected chi connectivity index (χ2v) is 10.6. The first-order chi connectivity index (χ1) is 16.3. The van der Waals surface area contributed by atoms with Gasteiger partial charge >= 0.3 is 0 Å². The summed E-state index contributed by atoms with van der Waals surface area (Å²) in [4.78, 5) is 12.7. The van der Waals surface area contributed by atoms with Crippen LogP contribution in [0.4, 0.5) is 5.69 Å². The van der Waals surface area contributed by atoms with E-state index in [1.165, 1.54) is 18.3 Å². The molecule has 0 radical (unpaired) electrons. The van der Waals surface area contributed by atoms with E-state index in [2.05, 4.69) is 40.3 Å². The number of hydrogen-bond donors (Lipinski definition) is 1. The number of nitrogens with zero attached hydrogens (tertiary/aromatic N) is 2. The van der Waals surface area contributed by atoms with E-state index < -0.39 is 22.5 Å². The molecule has 0 saturated carbocycles. The molecular formula is C25H26BrN3O4S. The minimum atomic E-state index is -3.96. The van der Waals surface area contributed by atoms with Crippen LogP contribution in [0.5, 0.6) is 5.75 Å². The quantitative estimate of drug-likeness (QED) is 0.293. The number of hydrogen-bond acceptors (Lipinski definition) is 5. The summed E-state index contributed by atoms with van der Waals surface area (Å²) >= 11 is 3.34. The number of ether oxygens (including phenoxy) is 1. The minimum Gasteiger partial charge on any atom is -0.493 e. The Bertz CT molecular complexity index is 1210. The van der Waals surface area contributed by atoms with Gasteiger partial charge in [0, 0.05) is 4.47 Å². The van der Waals surface area contributed by atoms with Crippen molar-refractivity contribution in [1.29, 1.82) is 0 Å². The Labute approximate surface area is 208 Å². The molecule has 0 heterocycles. The van der Waals surface area contributed by atoms with Gasteiger partial charge in [0.05, 0.1) is 23.4 Å². The van der Waals surface area contributed by atoms with Gasteiger partial charge in [-0.05, 0) is 72.1 Å². The van der Waals surface area contributed by atoms with Crippen LogP contribution in [0.15, 0.2) is 93.3 Å². The number of anilines is 1. The van der Waals surface area contributed by atoms with Gasteiger partial charge in [-0.25, -0.2) is 13.8 Å². The maximum atomic E-state index is 13.3. The first-order valence-electron chi connectivity index (χ1n) is 10.6. The standard InChI is InChI=1S/C25H26BrN3O4S/c1-19(2)18-33-23-14-8-20(9-15-23)16-27-28-25(30)17-29(22-12-10-21(26)11-13-22)34(31,32)24-6-4-3-5-7-24/h3-16,19H,17-18H2,1-2H3,(H,28,30)/b27-16+. The number of sulfonamides is 1. The molecule has 3 rings (SSSR count). The number of carbonyl (C=O) groups is 1. The maximum Gasteiger partial charge on any atom is 0.264 e. The normalized spacial score (nSPS) is 11.5. The van der Waals surface area contributed by atoms with Crippen LogP contribution in [0.25, 0.3) is 0 Å². The van der Waals surface area contributed by atoms with E-state index in [0.29, 0.717) is 18.2 Å². The Balaban J connectivity index is 1.70. The highest BCUT2D eigenvalue weighted by Gasteiger charge is 2.27. The van der Waals surface area contributed by atoms with Crippen LogP contribution in [0.2, 0.25) is 0 Å². The molecule has 0 fully saturated rings. The number of carbonyl (C=O) groups excluding carboxylic acids is 1. The molecule has 7 nitrogen and oxygen atoms in total. The van der Waals surface area contributed by atoms with Crippen molar-refractivity contribution in [3.05, 3.63) is 88.9 Å². The van der Waals surface area contributed by atoms with Crippen LogP contribution in [0.1, 0.15) is 19.4 Å². The fourth-order valence-corrected chi connectivity index (χ4v) is 4.61. The van der Waals surface area contributed by atoms with E-state index in [1.807, 2.05) is 24.3 Å². The highest BCUT2D eigenvalue weighted by atomic mass is 79.9. The first-order valence-corrected chi connectivity index (χ1v) is 12.9. The molecule has 0 aliphatic rings. The number of halogens is 1. The van der Waals surface area contributed by atoms with E-state index in [0.717, 1.165) is 20.1 Å². The summed E-state index contributed by atoms with van der Waals surface area (Å²) in [5.74, 6) is 0.612. The van der Waals surface area contributed by atoms with Gasteiger partial charge in [-0.15, -0.1) is 0 Å². The third-order valence-corrected chi connectivity index (χ3v) is 6.92. The Morgan fingerprint density at radius 3 is 2.29 bits per heavy atom. The Morgan fingerprint density at radius 1 is 1.03 bits per heavy atom. The number of nitrogens with one attached hydrogen (secondary N) is 1. The molecule has 34 heavy (non-hydrogen) atoms. The van der Waals surface area contributed by atoms with Crippen LogP contribution in [-0.4, -0.2) is 33.7 Å². The number of rotatable bonds is 10. The van der Waals surface area contributed by atoms with E-state index in [-0.39, 0.29) is 4.90 Å². The third-order valence-electron chi connectivity index (χ3n) is 4.60. The predicted molar refractivity (Wildman–Crippen MR) is 138 cm³/mol. The molecule has 0 aliphatic carbocycles. The van der Waals surface area contributed by atoms with Crippen molar-refractivity contribution in [2.45, 2.75) is 18.7 Å². The molecule has 0 aliphatic heterocycles. The molecule has 178 valence electrons. The lowest BCUT2D eigenvalue weighted by Crippen LogP contribution is -2.39. The van der Waals surface area contributed by atoms with Crippen molar-refractivity contribution >= 4 is 43.8 Å². The maximum absolute atomic E-state index is 13.3. The average Bonchev–Trinajstić information content (AvgIpc) is 2.83. The van der Waals surface area contributed by atoms with E-state index in [9.17, 15) is 13.2 Å². The summed E-state index contributed by atoms with van der Waals surface area (Å²) in [6.45, 7) is 4.35. The van der Waals surface area contributed by atoms with Gasteiger partial charge in [0.25, 0.3) is 15.9 Å². The topological polar surface area (TPSA) is 88.1 Å². The summed E-state index contributed by atoms with van der Waals surface area (Å²) in [5.41, 5.74) is 3.53. The molecule has 0 spiro atoms. The summed E-state index contributed by atoms with van der Waals surface area (Å²) in [7, 11) is -3.96. The second kappa shape index (κ2) is 11.8. The Hall–Kier alpha value is -3.17. The second-order valence-electron chi connectivity index (χ2n) is 7.87. The molecule has 0 atom stereocenters. The molecule has 1 N–H and O–H groups in total. The van der Waals surface area contributed by atoms with E-state index in [4.69, 9.17) is 4.74 Å². The van der Waals surface area contributed by atoms with Crippen LogP contribution >= 0.6 is 15.9 Å². The van der Waals surface area contributed by atoms with Crippen molar-refractivity contribution < 1.29 is 17.9 Å². The first kappa shape index (κ1) is 25.5. The summed E-state index contributed by atoms with van der Waals surface area (Å²) in [6, 6.07) is 22.0. The fraction of sp³-hybridized carbons (Fsp3) is 0.200. The van der Waals surface area contributed by atoms with Crippen LogP contribution in [0.3, 0.4) is 0 Å². The zero-order valence-electron chi connectivity index (χ0n) is 18.9. The van der Waals surface area contributed by atoms with Crippen LogP contribution in [0, 0.1) is 5.92 Å². The van der Waals surface area contributed by atoms with Gasteiger partial charge in [0.15, 0.2) is 0 Å². The number of hydrazone groups is 1.